The Hall–Kier alpha value is -1.52. The van der Waals surface area contributed by atoms with Crippen LogP contribution in [0.1, 0.15) is 15.3 Å². The van der Waals surface area contributed by atoms with Gasteiger partial charge in [0.15, 0.2) is 0 Å². The Labute approximate surface area is 112 Å². The third kappa shape index (κ3) is 3.24. The quantitative estimate of drug-likeness (QED) is 0.814. The van der Waals surface area contributed by atoms with Gasteiger partial charge in [-0.1, -0.05) is 6.07 Å². The summed E-state index contributed by atoms with van der Waals surface area (Å²) in [4.78, 5) is 2.69. The molecule has 0 aliphatic heterocycles. The Kier molecular flexibility index (Phi) is 4.23. The fourth-order valence-electron chi connectivity index (χ4n) is 1.76. The number of nitrogens with one attached hydrogen (secondary N) is 1. The van der Waals surface area contributed by atoms with Crippen LogP contribution in [-0.4, -0.2) is 7.11 Å². The van der Waals surface area contributed by atoms with Crippen LogP contribution in [-0.2, 0) is 13.1 Å². The summed E-state index contributed by atoms with van der Waals surface area (Å²) in [6.07, 6.45) is 0. The molecule has 0 bridgehead atoms. The Morgan fingerprint density at radius 3 is 2.67 bits per heavy atom. The third-order valence-corrected chi connectivity index (χ3v) is 3.76. The molecule has 0 fully saturated rings. The average molecular weight is 262 g/mol. The number of nitrogens with two attached hydrogens (primary N) is 1. The van der Waals surface area contributed by atoms with Gasteiger partial charge in [-0.2, -0.15) is 0 Å². The van der Waals surface area contributed by atoms with Gasteiger partial charge in [-0.3, -0.25) is 0 Å². The van der Waals surface area contributed by atoms with Crippen LogP contribution in [0, 0.1) is 6.92 Å². The monoisotopic (exact) mass is 262 g/mol. The lowest BCUT2D eigenvalue weighted by atomic mass is 10.1. The first-order chi connectivity index (χ1) is 8.69. The number of benzene rings is 1. The van der Waals surface area contributed by atoms with Gasteiger partial charge in [-0.05, 0) is 30.7 Å². The fourth-order valence-corrected chi connectivity index (χ4v) is 2.62. The van der Waals surface area contributed by atoms with Gasteiger partial charge in [-0.25, -0.2) is 0 Å². The molecule has 0 radical (unpaired) electrons. The molecule has 3 N–H and O–H groups in total. The van der Waals surface area contributed by atoms with Gasteiger partial charge in [0.05, 0.1) is 7.11 Å². The smallest absolute Gasteiger partial charge is 0.120 e. The highest BCUT2D eigenvalue weighted by Crippen LogP contribution is 2.20. The van der Waals surface area contributed by atoms with Crippen molar-refractivity contribution in [1.82, 2.24) is 5.32 Å². The maximum atomic E-state index is 5.96. The zero-order valence-corrected chi connectivity index (χ0v) is 11.5. The summed E-state index contributed by atoms with van der Waals surface area (Å²) >= 11 is 1.82. The van der Waals surface area contributed by atoms with E-state index in [1.54, 1.807) is 7.11 Å². The highest BCUT2D eigenvalue weighted by molar-refractivity contribution is 7.11. The van der Waals surface area contributed by atoms with Crippen LogP contribution in [0.4, 0.5) is 5.69 Å². The van der Waals surface area contributed by atoms with E-state index in [2.05, 4.69) is 24.4 Å². The topological polar surface area (TPSA) is 47.3 Å². The average Bonchev–Trinajstić information content (AvgIpc) is 2.77. The van der Waals surface area contributed by atoms with Gasteiger partial charge in [0.1, 0.15) is 5.75 Å². The molecule has 0 amide bonds. The molecule has 96 valence electrons. The highest BCUT2D eigenvalue weighted by atomic mass is 32.1. The predicted molar refractivity (Wildman–Crippen MR) is 77.0 cm³/mol. The molecular weight excluding hydrogens is 244 g/mol. The second kappa shape index (κ2) is 5.89. The van der Waals surface area contributed by atoms with Crippen molar-refractivity contribution >= 4 is 17.0 Å². The highest BCUT2D eigenvalue weighted by Gasteiger charge is 2.02. The molecule has 0 saturated heterocycles. The number of aryl methyl sites for hydroxylation is 1. The Morgan fingerprint density at radius 2 is 2.06 bits per heavy atom. The van der Waals surface area contributed by atoms with Crippen molar-refractivity contribution in [2.24, 2.45) is 0 Å². The number of ether oxygens (including phenoxy) is 1. The SMILES string of the molecule is COc1ccc(CNCc2ccc(C)s2)c(N)c1. The minimum atomic E-state index is 0.768. The Morgan fingerprint density at radius 1 is 1.22 bits per heavy atom. The molecule has 2 rings (SSSR count). The standard InChI is InChI=1S/C14H18N2OS/c1-10-3-6-13(18-10)9-16-8-11-4-5-12(17-2)7-14(11)15/h3-7,16H,8-9,15H2,1-2H3. The largest absolute Gasteiger partial charge is 0.497 e. The number of anilines is 1. The zero-order chi connectivity index (χ0) is 13.0. The summed E-state index contributed by atoms with van der Waals surface area (Å²) in [7, 11) is 1.64. The summed E-state index contributed by atoms with van der Waals surface area (Å²) < 4.78 is 5.13. The summed E-state index contributed by atoms with van der Waals surface area (Å²) in [5, 5.41) is 3.40. The molecule has 1 aromatic carbocycles. The number of hydrogen-bond donors (Lipinski definition) is 2. The summed E-state index contributed by atoms with van der Waals surface area (Å²) in [6, 6.07) is 10.1. The molecule has 0 spiro atoms. The summed E-state index contributed by atoms with van der Waals surface area (Å²) in [5.74, 6) is 0.796. The number of thiophene rings is 1. The predicted octanol–water partition coefficient (Wildman–Crippen LogP) is 2.94. The normalized spacial score (nSPS) is 10.6. The van der Waals surface area contributed by atoms with E-state index in [1.807, 2.05) is 29.5 Å². The van der Waals surface area contributed by atoms with Gasteiger partial charge in [-0.15, -0.1) is 11.3 Å². The van der Waals surface area contributed by atoms with Crippen molar-refractivity contribution in [3.63, 3.8) is 0 Å². The van der Waals surface area contributed by atoms with Crippen LogP contribution in [0.2, 0.25) is 0 Å². The number of hydrogen-bond acceptors (Lipinski definition) is 4. The van der Waals surface area contributed by atoms with E-state index < -0.39 is 0 Å². The van der Waals surface area contributed by atoms with Gasteiger partial charge >= 0.3 is 0 Å². The van der Waals surface area contributed by atoms with Crippen LogP contribution >= 0.6 is 11.3 Å². The number of rotatable bonds is 5. The molecule has 0 atom stereocenters. The minimum Gasteiger partial charge on any atom is -0.497 e. The summed E-state index contributed by atoms with van der Waals surface area (Å²) in [5.41, 5.74) is 7.83. The van der Waals surface area contributed by atoms with E-state index in [4.69, 9.17) is 10.5 Å². The molecule has 0 aliphatic rings. The van der Waals surface area contributed by atoms with E-state index in [0.29, 0.717) is 0 Å². The van der Waals surface area contributed by atoms with Crippen molar-refractivity contribution in [3.05, 3.63) is 45.6 Å². The van der Waals surface area contributed by atoms with Gasteiger partial charge < -0.3 is 15.8 Å². The first kappa shape index (κ1) is 12.9. The van der Waals surface area contributed by atoms with Crippen LogP contribution in [0.3, 0.4) is 0 Å². The minimum absolute atomic E-state index is 0.768. The second-order valence-electron chi connectivity index (χ2n) is 4.18. The first-order valence-corrected chi connectivity index (χ1v) is 6.69. The zero-order valence-electron chi connectivity index (χ0n) is 10.7. The molecule has 1 aromatic heterocycles. The van der Waals surface area contributed by atoms with Gasteiger partial charge in [0, 0.05) is 34.6 Å². The Balaban J connectivity index is 1.90. The van der Waals surface area contributed by atoms with Crippen LogP contribution < -0.4 is 15.8 Å². The summed E-state index contributed by atoms with van der Waals surface area (Å²) in [6.45, 7) is 3.77. The third-order valence-electron chi connectivity index (χ3n) is 2.76. The van der Waals surface area contributed by atoms with Crippen LogP contribution in [0.25, 0.3) is 0 Å². The maximum absolute atomic E-state index is 5.96. The lowest BCUT2D eigenvalue weighted by Gasteiger charge is -2.08. The van der Waals surface area contributed by atoms with Crippen molar-refractivity contribution in [2.75, 3.05) is 12.8 Å². The van der Waals surface area contributed by atoms with E-state index in [-0.39, 0.29) is 0 Å². The van der Waals surface area contributed by atoms with E-state index >= 15 is 0 Å². The Bertz CT molecular complexity index is 522. The van der Waals surface area contributed by atoms with E-state index in [9.17, 15) is 0 Å². The molecular formula is C14H18N2OS. The van der Waals surface area contributed by atoms with E-state index in [1.165, 1.54) is 9.75 Å². The van der Waals surface area contributed by atoms with Crippen molar-refractivity contribution < 1.29 is 4.74 Å². The molecule has 0 unspecified atom stereocenters. The van der Waals surface area contributed by atoms with Gasteiger partial charge in [0.2, 0.25) is 0 Å². The lowest BCUT2D eigenvalue weighted by molar-refractivity contribution is 0.415. The van der Waals surface area contributed by atoms with Crippen LogP contribution in [0.5, 0.6) is 5.75 Å². The molecule has 3 nitrogen and oxygen atoms in total. The molecule has 0 aliphatic carbocycles. The lowest BCUT2D eigenvalue weighted by Crippen LogP contribution is -2.13. The van der Waals surface area contributed by atoms with Crippen molar-refractivity contribution in [2.45, 2.75) is 20.0 Å². The van der Waals surface area contributed by atoms with Crippen LogP contribution in [0.15, 0.2) is 30.3 Å². The number of methoxy groups -OCH3 is 1. The molecule has 0 saturated carbocycles. The maximum Gasteiger partial charge on any atom is 0.120 e. The molecule has 18 heavy (non-hydrogen) atoms. The van der Waals surface area contributed by atoms with E-state index in [0.717, 1.165) is 30.1 Å². The second-order valence-corrected chi connectivity index (χ2v) is 5.55. The van der Waals surface area contributed by atoms with Crippen molar-refractivity contribution in [3.8, 4) is 5.75 Å². The fraction of sp³-hybridized carbons (Fsp3) is 0.286. The van der Waals surface area contributed by atoms with Gasteiger partial charge in [0.25, 0.3) is 0 Å². The molecule has 1 heterocycles. The first-order valence-electron chi connectivity index (χ1n) is 5.87. The molecule has 2 aromatic rings. The number of nitrogen functional groups attached to an aromatic ring is 1. The van der Waals surface area contributed by atoms with Crippen molar-refractivity contribution in [1.29, 1.82) is 0 Å². The molecule has 4 heteroatoms.